The first-order valence-corrected chi connectivity index (χ1v) is 8.08. The highest BCUT2D eigenvalue weighted by atomic mass is 32.2. The Kier molecular flexibility index (Phi) is 5.10. The lowest BCUT2D eigenvalue weighted by Crippen LogP contribution is -2.26. The fourth-order valence-electron chi connectivity index (χ4n) is 2.60. The lowest BCUT2D eigenvalue weighted by Gasteiger charge is -2.09. The molecule has 18 heavy (non-hydrogen) atoms. The first-order valence-electron chi connectivity index (χ1n) is 7.20. The SMILES string of the molecule is CC(C)CC1SC(=NC2CCCCCC2)NC1=O. The van der Waals surface area contributed by atoms with E-state index in [2.05, 4.69) is 19.2 Å². The van der Waals surface area contributed by atoms with Crippen LogP contribution in [-0.2, 0) is 4.79 Å². The standard InChI is InChI=1S/C14H24N2OS/c1-10(2)9-12-13(17)16-14(18-12)15-11-7-5-3-4-6-8-11/h10-12H,3-9H2,1-2H3,(H,15,16,17). The number of nitrogens with one attached hydrogen (secondary N) is 1. The Labute approximate surface area is 114 Å². The first kappa shape index (κ1) is 13.9. The van der Waals surface area contributed by atoms with Crippen LogP contribution in [0.3, 0.4) is 0 Å². The Balaban J connectivity index is 1.91. The molecule has 3 nitrogen and oxygen atoms in total. The number of carbonyl (C=O) groups excluding carboxylic acids is 1. The lowest BCUT2D eigenvalue weighted by molar-refractivity contribution is -0.119. The highest BCUT2D eigenvalue weighted by Gasteiger charge is 2.31. The van der Waals surface area contributed by atoms with Crippen LogP contribution in [0.15, 0.2) is 4.99 Å². The van der Waals surface area contributed by atoms with E-state index in [9.17, 15) is 4.79 Å². The molecule has 102 valence electrons. The molecule has 1 N–H and O–H groups in total. The van der Waals surface area contributed by atoms with Gasteiger partial charge in [0.05, 0.1) is 11.3 Å². The van der Waals surface area contributed by atoms with Crippen molar-refractivity contribution in [1.29, 1.82) is 0 Å². The van der Waals surface area contributed by atoms with Crippen LogP contribution < -0.4 is 5.32 Å². The molecule has 0 aromatic carbocycles. The molecule has 0 spiro atoms. The predicted molar refractivity (Wildman–Crippen MR) is 77.9 cm³/mol. The summed E-state index contributed by atoms with van der Waals surface area (Å²) in [4.78, 5) is 16.6. The third-order valence-electron chi connectivity index (χ3n) is 3.59. The van der Waals surface area contributed by atoms with Gasteiger partial charge in [-0.1, -0.05) is 51.3 Å². The van der Waals surface area contributed by atoms with Gasteiger partial charge in [0.15, 0.2) is 5.17 Å². The normalized spacial score (nSPS) is 28.7. The van der Waals surface area contributed by atoms with Gasteiger partial charge in [-0.3, -0.25) is 9.79 Å². The van der Waals surface area contributed by atoms with Crippen LogP contribution in [0.5, 0.6) is 0 Å². The van der Waals surface area contributed by atoms with E-state index >= 15 is 0 Å². The molecule has 1 aliphatic carbocycles. The number of carbonyl (C=O) groups is 1. The van der Waals surface area contributed by atoms with Crippen molar-refractivity contribution >= 4 is 22.8 Å². The maximum absolute atomic E-state index is 11.8. The van der Waals surface area contributed by atoms with E-state index in [1.165, 1.54) is 38.5 Å². The van der Waals surface area contributed by atoms with Crippen molar-refractivity contribution < 1.29 is 4.79 Å². The van der Waals surface area contributed by atoms with Crippen molar-refractivity contribution in [2.45, 2.75) is 70.1 Å². The number of thioether (sulfide) groups is 1. The highest BCUT2D eigenvalue weighted by Crippen LogP contribution is 2.27. The fraction of sp³-hybridized carbons (Fsp3) is 0.857. The van der Waals surface area contributed by atoms with Gasteiger partial charge in [-0.15, -0.1) is 0 Å². The van der Waals surface area contributed by atoms with Crippen molar-refractivity contribution in [2.24, 2.45) is 10.9 Å². The molecule has 0 aromatic heterocycles. The molecular formula is C14H24N2OS. The second-order valence-electron chi connectivity index (χ2n) is 5.80. The summed E-state index contributed by atoms with van der Waals surface area (Å²) in [5.41, 5.74) is 0. The summed E-state index contributed by atoms with van der Waals surface area (Å²) in [6, 6.07) is 0.438. The molecule has 2 rings (SSSR count). The van der Waals surface area contributed by atoms with E-state index in [-0.39, 0.29) is 11.2 Å². The van der Waals surface area contributed by atoms with Crippen LogP contribution in [0.2, 0.25) is 0 Å². The van der Waals surface area contributed by atoms with E-state index < -0.39 is 0 Å². The average molecular weight is 268 g/mol. The van der Waals surface area contributed by atoms with Gasteiger partial charge in [-0.2, -0.15) is 0 Å². The van der Waals surface area contributed by atoms with Crippen LogP contribution in [0.4, 0.5) is 0 Å². The smallest absolute Gasteiger partial charge is 0.239 e. The van der Waals surface area contributed by atoms with Gasteiger partial charge in [0, 0.05) is 0 Å². The summed E-state index contributed by atoms with van der Waals surface area (Å²) in [6.07, 6.45) is 8.59. The van der Waals surface area contributed by atoms with Crippen LogP contribution in [0, 0.1) is 5.92 Å². The Hall–Kier alpha value is -0.510. The molecular weight excluding hydrogens is 244 g/mol. The fourth-order valence-corrected chi connectivity index (χ4v) is 3.89. The quantitative estimate of drug-likeness (QED) is 0.798. The van der Waals surface area contributed by atoms with E-state index in [4.69, 9.17) is 4.99 Å². The second-order valence-corrected chi connectivity index (χ2v) is 7.00. The first-order chi connectivity index (χ1) is 8.65. The maximum atomic E-state index is 11.8. The number of hydrogen-bond acceptors (Lipinski definition) is 3. The van der Waals surface area contributed by atoms with Crippen LogP contribution in [0.25, 0.3) is 0 Å². The number of rotatable bonds is 3. The van der Waals surface area contributed by atoms with Crippen molar-refractivity contribution in [3.8, 4) is 0 Å². The van der Waals surface area contributed by atoms with Crippen molar-refractivity contribution in [1.82, 2.24) is 5.32 Å². The molecule has 1 saturated carbocycles. The van der Waals surface area contributed by atoms with Crippen LogP contribution in [0.1, 0.15) is 58.8 Å². The monoisotopic (exact) mass is 268 g/mol. The van der Waals surface area contributed by atoms with Gasteiger partial charge in [-0.05, 0) is 25.2 Å². The highest BCUT2D eigenvalue weighted by molar-refractivity contribution is 8.15. The van der Waals surface area contributed by atoms with Crippen molar-refractivity contribution in [2.75, 3.05) is 0 Å². The van der Waals surface area contributed by atoms with E-state index in [1.54, 1.807) is 11.8 Å². The molecule has 0 bridgehead atoms. The molecule has 1 saturated heterocycles. The number of amides is 1. The van der Waals surface area contributed by atoms with Crippen LogP contribution >= 0.6 is 11.8 Å². The van der Waals surface area contributed by atoms with Gasteiger partial charge in [0.1, 0.15) is 0 Å². The lowest BCUT2D eigenvalue weighted by atomic mass is 10.1. The summed E-state index contributed by atoms with van der Waals surface area (Å²) in [6.45, 7) is 4.32. The summed E-state index contributed by atoms with van der Waals surface area (Å²) < 4.78 is 0. The van der Waals surface area contributed by atoms with Crippen molar-refractivity contribution in [3.05, 3.63) is 0 Å². The number of amidine groups is 1. The topological polar surface area (TPSA) is 41.5 Å². The molecule has 0 radical (unpaired) electrons. The molecule has 1 atom stereocenters. The largest absolute Gasteiger partial charge is 0.304 e. The number of nitrogens with zero attached hydrogens (tertiary/aromatic N) is 1. The van der Waals surface area contributed by atoms with E-state index in [0.29, 0.717) is 12.0 Å². The zero-order valence-corrected chi connectivity index (χ0v) is 12.3. The molecule has 0 aromatic rings. The Bertz CT molecular complexity index is 320. The minimum atomic E-state index is 0.0783. The Morgan fingerprint density at radius 1 is 1.28 bits per heavy atom. The zero-order valence-electron chi connectivity index (χ0n) is 11.4. The zero-order chi connectivity index (χ0) is 13.0. The van der Waals surface area contributed by atoms with Crippen molar-refractivity contribution in [3.63, 3.8) is 0 Å². The summed E-state index contributed by atoms with van der Waals surface area (Å²) in [7, 11) is 0. The van der Waals surface area contributed by atoms with Gasteiger partial charge in [0.25, 0.3) is 0 Å². The summed E-state index contributed by atoms with van der Waals surface area (Å²) >= 11 is 1.64. The molecule has 1 amide bonds. The van der Waals surface area contributed by atoms with E-state index in [0.717, 1.165) is 11.6 Å². The molecule has 2 fully saturated rings. The van der Waals surface area contributed by atoms with Gasteiger partial charge >= 0.3 is 0 Å². The predicted octanol–water partition coefficient (Wildman–Crippen LogP) is 3.34. The molecule has 1 unspecified atom stereocenters. The van der Waals surface area contributed by atoms with Gasteiger partial charge < -0.3 is 5.32 Å². The minimum Gasteiger partial charge on any atom is -0.304 e. The minimum absolute atomic E-state index is 0.0783. The Morgan fingerprint density at radius 3 is 2.56 bits per heavy atom. The van der Waals surface area contributed by atoms with E-state index in [1.807, 2.05) is 0 Å². The van der Waals surface area contributed by atoms with Gasteiger partial charge in [-0.25, -0.2) is 0 Å². The van der Waals surface area contributed by atoms with Gasteiger partial charge in [0.2, 0.25) is 5.91 Å². The Morgan fingerprint density at radius 2 is 1.94 bits per heavy atom. The average Bonchev–Trinajstić information content (AvgIpc) is 2.53. The third kappa shape index (κ3) is 4.01. The number of aliphatic imine (C=N–C) groups is 1. The molecule has 4 heteroatoms. The summed E-state index contributed by atoms with van der Waals surface area (Å²) in [5.74, 6) is 0.714. The molecule has 1 heterocycles. The molecule has 1 aliphatic heterocycles. The number of hydrogen-bond donors (Lipinski definition) is 1. The van der Waals surface area contributed by atoms with Crippen LogP contribution in [-0.4, -0.2) is 22.4 Å². The summed E-state index contributed by atoms with van der Waals surface area (Å²) in [5, 5.41) is 3.90. The third-order valence-corrected chi connectivity index (χ3v) is 4.71. The molecule has 2 aliphatic rings. The maximum Gasteiger partial charge on any atom is 0.239 e. The second kappa shape index (κ2) is 6.60.